The summed E-state index contributed by atoms with van der Waals surface area (Å²) in [7, 11) is 0. The quantitative estimate of drug-likeness (QED) is 0.336. The van der Waals surface area contributed by atoms with Crippen molar-refractivity contribution in [3.8, 4) is 11.4 Å². The van der Waals surface area contributed by atoms with E-state index in [0.717, 1.165) is 28.0 Å². The highest BCUT2D eigenvalue weighted by Crippen LogP contribution is 2.38. The van der Waals surface area contributed by atoms with Gasteiger partial charge in [0.05, 0.1) is 18.2 Å². The molecule has 1 aliphatic heterocycles. The molecule has 4 aromatic rings. The van der Waals surface area contributed by atoms with Gasteiger partial charge in [-0.1, -0.05) is 83.0 Å². The zero-order valence-electron chi connectivity index (χ0n) is 18.2. The number of aromatic nitrogens is 2. The van der Waals surface area contributed by atoms with Gasteiger partial charge in [0, 0.05) is 21.3 Å². The number of amides is 2. The fourth-order valence-electron chi connectivity index (χ4n) is 4.04. The molecule has 0 aliphatic carbocycles. The Hall–Kier alpha value is -3.61. The lowest BCUT2D eigenvalue weighted by Gasteiger charge is -2.35. The molecule has 3 aromatic carbocycles. The number of urea groups is 1. The summed E-state index contributed by atoms with van der Waals surface area (Å²) in [6, 6.07) is 23.7. The number of carbonyl (C=O) groups is 1. The van der Waals surface area contributed by atoms with Crippen LogP contribution in [-0.2, 0) is 6.54 Å². The summed E-state index contributed by atoms with van der Waals surface area (Å²) in [5.41, 5.74) is 4.01. The molecule has 0 fully saturated rings. The van der Waals surface area contributed by atoms with Crippen molar-refractivity contribution in [1.29, 1.82) is 0 Å². The zero-order chi connectivity index (χ0) is 23.7. The Labute approximate surface area is 206 Å². The van der Waals surface area contributed by atoms with E-state index in [1.165, 1.54) is 0 Å². The smallest absolute Gasteiger partial charge is 0.322 e. The van der Waals surface area contributed by atoms with Crippen molar-refractivity contribution in [3.05, 3.63) is 112 Å². The van der Waals surface area contributed by atoms with E-state index in [2.05, 4.69) is 15.5 Å². The number of allylic oxidation sites excluding steroid dienone is 1. The van der Waals surface area contributed by atoms with Crippen molar-refractivity contribution < 1.29 is 9.32 Å². The molecule has 1 N–H and O–H groups in total. The van der Waals surface area contributed by atoms with Crippen molar-refractivity contribution in [2.45, 2.75) is 19.5 Å². The predicted octanol–water partition coefficient (Wildman–Crippen LogP) is 6.74. The van der Waals surface area contributed by atoms with Crippen LogP contribution < -0.4 is 5.32 Å². The summed E-state index contributed by atoms with van der Waals surface area (Å²) in [4.78, 5) is 19.5. The molecule has 0 saturated heterocycles. The third-order valence-corrected chi connectivity index (χ3v) is 6.17. The van der Waals surface area contributed by atoms with Gasteiger partial charge in [-0.2, -0.15) is 4.98 Å². The van der Waals surface area contributed by atoms with Crippen molar-refractivity contribution in [2.24, 2.45) is 0 Å². The van der Waals surface area contributed by atoms with Crippen molar-refractivity contribution in [3.63, 3.8) is 0 Å². The maximum Gasteiger partial charge on any atom is 0.322 e. The van der Waals surface area contributed by atoms with E-state index in [1.807, 2.05) is 67.6 Å². The molecule has 1 aliphatic rings. The summed E-state index contributed by atoms with van der Waals surface area (Å²) in [6.45, 7) is 2.23. The Bertz CT molecular complexity index is 1380. The van der Waals surface area contributed by atoms with Crippen LogP contribution in [0.15, 0.2) is 89.1 Å². The van der Waals surface area contributed by atoms with Crippen LogP contribution >= 0.6 is 23.2 Å². The van der Waals surface area contributed by atoms with E-state index in [4.69, 9.17) is 27.7 Å². The first kappa shape index (κ1) is 22.2. The van der Waals surface area contributed by atoms with Gasteiger partial charge in [0.15, 0.2) is 0 Å². The minimum Gasteiger partial charge on any atom is -0.334 e. The van der Waals surface area contributed by atoms with Crippen molar-refractivity contribution >= 4 is 34.8 Å². The summed E-state index contributed by atoms with van der Waals surface area (Å²) < 4.78 is 5.71. The van der Waals surface area contributed by atoms with Gasteiger partial charge in [0.1, 0.15) is 0 Å². The second kappa shape index (κ2) is 9.33. The van der Waals surface area contributed by atoms with E-state index in [-0.39, 0.29) is 6.03 Å². The summed E-state index contributed by atoms with van der Waals surface area (Å²) >= 11 is 12.3. The van der Waals surface area contributed by atoms with Gasteiger partial charge < -0.3 is 9.84 Å². The van der Waals surface area contributed by atoms with Crippen LogP contribution in [0.3, 0.4) is 0 Å². The molecule has 0 radical (unpaired) electrons. The van der Waals surface area contributed by atoms with Gasteiger partial charge in [0.25, 0.3) is 5.89 Å². The van der Waals surface area contributed by atoms with E-state index in [0.29, 0.717) is 28.3 Å². The lowest BCUT2D eigenvalue weighted by molar-refractivity contribution is 0.203. The zero-order valence-corrected chi connectivity index (χ0v) is 19.7. The normalized spacial score (nSPS) is 16.0. The number of rotatable bonds is 5. The van der Waals surface area contributed by atoms with Gasteiger partial charge in [0.2, 0.25) is 5.82 Å². The van der Waals surface area contributed by atoms with Crippen LogP contribution in [0.25, 0.3) is 17.0 Å². The van der Waals surface area contributed by atoms with Crippen LogP contribution in [0, 0.1) is 0 Å². The van der Waals surface area contributed by atoms with E-state index in [9.17, 15) is 4.79 Å². The third kappa shape index (κ3) is 4.42. The standard InChI is InChI=1S/C26H20Cl2N4O2/c1-16-22(25-30-24(31-34-25)19-10-6-12-21(28)14-19)23(18-8-3-2-4-9-18)29-26(33)32(16)15-17-7-5-11-20(27)13-17/h2-14,23H,15H2,1H3,(H,29,33). The highest BCUT2D eigenvalue weighted by molar-refractivity contribution is 6.31. The molecule has 5 rings (SSSR count). The molecular weight excluding hydrogens is 471 g/mol. The van der Waals surface area contributed by atoms with E-state index in [1.54, 1.807) is 23.1 Å². The first-order chi connectivity index (χ1) is 16.5. The molecule has 0 saturated carbocycles. The summed E-state index contributed by atoms with van der Waals surface area (Å²) in [5.74, 6) is 0.750. The number of carbonyl (C=O) groups excluding carboxylic acids is 1. The van der Waals surface area contributed by atoms with E-state index >= 15 is 0 Å². The Balaban J connectivity index is 1.60. The molecule has 2 amide bonds. The Kier molecular flexibility index (Phi) is 6.09. The lowest BCUT2D eigenvalue weighted by atomic mass is 9.94. The molecule has 34 heavy (non-hydrogen) atoms. The number of benzene rings is 3. The largest absolute Gasteiger partial charge is 0.334 e. The third-order valence-electron chi connectivity index (χ3n) is 5.70. The molecule has 1 unspecified atom stereocenters. The van der Waals surface area contributed by atoms with Crippen molar-refractivity contribution in [1.82, 2.24) is 20.4 Å². The monoisotopic (exact) mass is 490 g/mol. The molecule has 2 heterocycles. The number of halogens is 2. The molecule has 8 heteroatoms. The summed E-state index contributed by atoms with van der Waals surface area (Å²) in [6.07, 6.45) is 0. The number of hydrogen-bond donors (Lipinski definition) is 1. The fraction of sp³-hybridized carbons (Fsp3) is 0.115. The number of hydrogen-bond acceptors (Lipinski definition) is 4. The molecular formula is C26H20Cl2N4O2. The van der Waals surface area contributed by atoms with Gasteiger partial charge in [-0.3, -0.25) is 4.90 Å². The topological polar surface area (TPSA) is 71.3 Å². The van der Waals surface area contributed by atoms with Crippen LogP contribution in [0.4, 0.5) is 4.79 Å². The van der Waals surface area contributed by atoms with Crippen LogP contribution in [-0.4, -0.2) is 21.1 Å². The SMILES string of the molecule is CC1=C(c2nc(-c3cccc(Cl)c3)no2)C(c2ccccc2)NC(=O)N1Cc1cccc(Cl)c1. The number of nitrogens with zero attached hydrogens (tertiary/aromatic N) is 3. The highest BCUT2D eigenvalue weighted by Gasteiger charge is 2.35. The lowest BCUT2D eigenvalue weighted by Crippen LogP contribution is -2.45. The molecule has 0 spiro atoms. The van der Waals surface area contributed by atoms with Gasteiger partial charge in [-0.05, 0) is 42.3 Å². The first-order valence-corrected chi connectivity index (χ1v) is 11.4. The Morgan fingerprint density at radius 2 is 1.71 bits per heavy atom. The van der Waals surface area contributed by atoms with Crippen LogP contribution in [0.5, 0.6) is 0 Å². The second-order valence-corrected chi connectivity index (χ2v) is 8.81. The Morgan fingerprint density at radius 1 is 0.971 bits per heavy atom. The average molecular weight is 491 g/mol. The van der Waals surface area contributed by atoms with Crippen LogP contribution in [0.2, 0.25) is 10.0 Å². The van der Waals surface area contributed by atoms with Crippen molar-refractivity contribution in [2.75, 3.05) is 0 Å². The number of nitrogens with one attached hydrogen (secondary N) is 1. The maximum absolute atomic E-state index is 13.2. The van der Waals surface area contributed by atoms with Gasteiger partial charge in [-0.15, -0.1) is 0 Å². The Morgan fingerprint density at radius 3 is 2.44 bits per heavy atom. The average Bonchev–Trinajstić information content (AvgIpc) is 3.32. The minimum absolute atomic E-state index is 0.218. The molecule has 6 nitrogen and oxygen atoms in total. The van der Waals surface area contributed by atoms with E-state index < -0.39 is 6.04 Å². The first-order valence-electron chi connectivity index (χ1n) is 10.7. The molecule has 170 valence electrons. The second-order valence-electron chi connectivity index (χ2n) is 7.94. The molecule has 0 bridgehead atoms. The minimum atomic E-state index is -0.447. The predicted molar refractivity (Wildman–Crippen MR) is 132 cm³/mol. The maximum atomic E-state index is 13.2. The van der Waals surface area contributed by atoms with Gasteiger partial charge >= 0.3 is 6.03 Å². The summed E-state index contributed by atoms with van der Waals surface area (Å²) in [5, 5.41) is 8.47. The van der Waals surface area contributed by atoms with Gasteiger partial charge in [-0.25, -0.2) is 4.79 Å². The van der Waals surface area contributed by atoms with Crippen LogP contribution in [0.1, 0.15) is 30.0 Å². The fourth-order valence-corrected chi connectivity index (χ4v) is 4.44. The highest BCUT2D eigenvalue weighted by atomic mass is 35.5. The molecule has 1 aromatic heterocycles. The molecule has 1 atom stereocenters.